The zero-order valence-electron chi connectivity index (χ0n) is 42.3. The second-order valence-electron chi connectivity index (χ2n) is 18.5. The van der Waals surface area contributed by atoms with Crippen LogP contribution in [0.3, 0.4) is 0 Å². The summed E-state index contributed by atoms with van der Waals surface area (Å²) >= 11 is 0. The predicted octanol–water partition coefficient (Wildman–Crippen LogP) is 14.1. The summed E-state index contributed by atoms with van der Waals surface area (Å²) in [5.41, 5.74) is 2.41. The van der Waals surface area contributed by atoms with Crippen LogP contribution in [0.2, 0.25) is 5.82 Å². The van der Waals surface area contributed by atoms with Crippen molar-refractivity contribution in [3.8, 4) is 0 Å². The Bertz CT molecular complexity index is 1050. The number of carboxylic acids is 1. The zero-order chi connectivity index (χ0) is 47.4. The van der Waals surface area contributed by atoms with Crippen LogP contribution < -0.4 is 16.3 Å². The van der Waals surface area contributed by atoms with Crippen molar-refractivity contribution in [2.45, 2.75) is 270 Å². The Kier molecular flexibility index (Phi) is 51.1. The first-order valence-corrected chi connectivity index (χ1v) is 27.3. The Balaban J connectivity index is 0.00000171. The molecule has 11 nitrogen and oxygen atoms in total. The van der Waals surface area contributed by atoms with Crippen LogP contribution in [0.25, 0.3) is 0 Å². The van der Waals surface area contributed by atoms with E-state index in [4.69, 9.17) is 32.1 Å². The van der Waals surface area contributed by atoms with E-state index in [9.17, 15) is 14.4 Å². The molecule has 12 heteroatoms. The van der Waals surface area contributed by atoms with Gasteiger partial charge in [0.25, 0.3) is 0 Å². The van der Waals surface area contributed by atoms with Gasteiger partial charge in [-0.25, -0.2) is 4.79 Å². The second kappa shape index (κ2) is 52.8. The van der Waals surface area contributed by atoms with Gasteiger partial charge in [0.1, 0.15) is 6.10 Å². The minimum atomic E-state index is -0.653. The number of amides is 1. The van der Waals surface area contributed by atoms with Gasteiger partial charge in [-0.2, -0.15) is 0 Å². The summed E-state index contributed by atoms with van der Waals surface area (Å²) in [6.07, 6.45) is 49.9. The lowest BCUT2D eigenvalue weighted by Crippen LogP contribution is -2.32. The van der Waals surface area contributed by atoms with E-state index >= 15 is 0 Å². The Labute approximate surface area is 400 Å². The molecule has 2 unspecified atom stereocenters. The molecule has 0 aromatic carbocycles. The van der Waals surface area contributed by atoms with Crippen molar-refractivity contribution in [1.29, 1.82) is 0 Å². The molecule has 0 aromatic rings. The average molecular weight is 920 g/mol. The summed E-state index contributed by atoms with van der Waals surface area (Å²) in [6.45, 7) is 7.16. The molecule has 380 valence electrons. The lowest BCUT2D eigenvalue weighted by molar-refractivity contribution is -0.171. The molecule has 0 saturated carbocycles. The van der Waals surface area contributed by atoms with Crippen molar-refractivity contribution in [2.24, 2.45) is 0 Å². The van der Waals surface area contributed by atoms with E-state index in [2.05, 4.69) is 42.3 Å². The maximum absolute atomic E-state index is 12.0. The van der Waals surface area contributed by atoms with Crippen LogP contribution in [-0.2, 0) is 28.7 Å². The highest BCUT2D eigenvalue weighted by molar-refractivity contribution is 6.11. The van der Waals surface area contributed by atoms with E-state index in [0.717, 1.165) is 70.8 Å². The molecule has 0 aliphatic heterocycles. The van der Waals surface area contributed by atoms with Gasteiger partial charge in [-0.15, -0.1) is 0 Å². The van der Waals surface area contributed by atoms with Gasteiger partial charge in [-0.3, -0.25) is 19.3 Å². The Hall–Kier alpha value is -2.15. The van der Waals surface area contributed by atoms with Crippen LogP contribution in [0, 0.1) is 0 Å². The molecular formula is C53H102BN3O8. The SMILES string of the molecule is CCCCCCCCCCCCCCCCCC(=O)O.[B]C(CONOCCNCCCNC(=O)OC1CC/C=C/CCC1)COC(=O)CCCCCCCCCCCCCCCCC. The largest absolute Gasteiger partial charge is 0.481 e. The molecule has 2 radical (unpaired) electrons. The third-order valence-corrected chi connectivity index (χ3v) is 12.0. The van der Waals surface area contributed by atoms with Gasteiger partial charge in [0.2, 0.25) is 0 Å². The molecular weight excluding hydrogens is 817 g/mol. The molecule has 4 N–H and O–H groups in total. The fourth-order valence-electron chi connectivity index (χ4n) is 7.92. The smallest absolute Gasteiger partial charge is 0.407 e. The minimum Gasteiger partial charge on any atom is -0.481 e. The maximum atomic E-state index is 12.0. The van der Waals surface area contributed by atoms with Crippen LogP contribution in [0.15, 0.2) is 12.2 Å². The van der Waals surface area contributed by atoms with Gasteiger partial charge < -0.3 is 25.2 Å². The molecule has 1 aliphatic rings. The monoisotopic (exact) mass is 920 g/mol. The van der Waals surface area contributed by atoms with Crippen molar-refractivity contribution in [3.63, 3.8) is 0 Å². The number of rotatable bonds is 46. The number of hydrogen-bond donors (Lipinski definition) is 4. The van der Waals surface area contributed by atoms with E-state index in [1.807, 2.05) is 0 Å². The Morgan fingerprint density at radius 1 is 0.569 bits per heavy atom. The fourth-order valence-corrected chi connectivity index (χ4v) is 7.92. The quantitative estimate of drug-likeness (QED) is 0.0153. The number of hydrogen-bond acceptors (Lipinski definition) is 9. The van der Waals surface area contributed by atoms with Crippen LogP contribution in [0.4, 0.5) is 4.79 Å². The number of aliphatic carboxylic acids is 1. The topological polar surface area (TPSA) is 144 Å². The van der Waals surface area contributed by atoms with Gasteiger partial charge in [-0.05, 0) is 63.7 Å². The summed E-state index contributed by atoms with van der Waals surface area (Å²) < 4.78 is 10.8. The lowest BCUT2D eigenvalue weighted by Gasteiger charge is -2.18. The van der Waals surface area contributed by atoms with Gasteiger partial charge in [0.15, 0.2) is 0 Å². The Morgan fingerprint density at radius 3 is 1.55 bits per heavy atom. The number of alkyl carbamates (subject to hydrolysis) is 1. The van der Waals surface area contributed by atoms with Crippen molar-refractivity contribution in [1.82, 2.24) is 16.3 Å². The van der Waals surface area contributed by atoms with Gasteiger partial charge in [0.05, 0.1) is 27.7 Å². The molecule has 0 heterocycles. The first-order chi connectivity index (χ1) is 31.9. The zero-order valence-corrected chi connectivity index (χ0v) is 42.3. The molecule has 0 fully saturated rings. The molecule has 2 atom stereocenters. The first-order valence-electron chi connectivity index (χ1n) is 27.3. The van der Waals surface area contributed by atoms with Gasteiger partial charge >= 0.3 is 18.0 Å². The summed E-state index contributed by atoms with van der Waals surface area (Å²) in [5.74, 6) is -1.28. The van der Waals surface area contributed by atoms with E-state index in [1.165, 1.54) is 167 Å². The van der Waals surface area contributed by atoms with E-state index in [-0.39, 0.29) is 31.4 Å². The second-order valence-corrected chi connectivity index (χ2v) is 18.5. The standard InChI is InChI=1S/C35H66BN3O6.C18H36O2/c1-2-3-4-5-6-7-8-9-10-11-12-13-14-18-21-25-34(40)42-30-32(36)31-44-39-43-29-28-37-26-22-27-38-35(41)45-33-23-19-16-15-17-20-24-33;1-2-3-4-5-6-7-8-9-10-11-12-13-14-15-16-17-18(19)20/h15-16,32-33,37,39H,2-14,17-31H2,1H3,(H,38,41);2-17H2,1H3,(H,19,20)/b16-15+;. The molecule has 1 rings (SSSR count). The van der Waals surface area contributed by atoms with Crippen LogP contribution in [0.1, 0.15) is 258 Å². The number of nitrogens with one attached hydrogen (secondary N) is 3. The first kappa shape index (κ1) is 62.9. The number of esters is 1. The third kappa shape index (κ3) is 52.7. The number of unbranched alkanes of at least 4 members (excludes halogenated alkanes) is 28. The lowest BCUT2D eigenvalue weighted by atomic mass is 9.89. The number of carbonyl (C=O) groups is 3. The predicted molar refractivity (Wildman–Crippen MR) is 270 cm³/mol. The number of ether oxygens (including phenoxy) is 2. The van der Waals surface area contributed by atoms with Crippen LogP contribution in [0.5, 0.6) is 0 Å². The van der Waals surface area contributed by atoms with Crippen LogP contribution in [-0.4, -0.2) is 76.5 Å². The molecule has 0 bridgehead atoms. The minimum absolute atomic E-state index is 0.0121. The van der Waals surface area contributed by atoms with Crippen molar-refractivity contribution >= 4 is 25.9 Å². The molecule has 1 amide bonds. The number of carboxylic acid groups (broad SMARTS) is 1. The Morgan fingerprint density at radius 2 is 1.05 bits per heavy atom. The fraction of sp³-hybridized carbons (Fsp3) is 0.906. The average Bonchev–Trinajstić information content (AvgIpc) is 3.28. The van der Waals surface area contributed by atoms with Crippen LogP contribution >= 0.6 is 0 Å². The molecule has 65 heavy (non-hydrogen) atoms. The normalized spacial score (nSPS) is 14.7. The molecule has 1 aliphatic carbocycles. The molecule has 0 saturated heterocycles. The summed E-state index contributed by atoms with van der Waals surface area (Å²) in [6, 6.07) is 0. The highest BCUT2D eigenvalue weighted by atomic mass is 16.9. The number of allylic oxidation sites excluding steroid dienone is 2. The van der Waals surface area contributed by atoms with Crippen molar-refractivity contribution < 1.29 is 38.6 Å². The van der Waals surface area contributed by atoms with Crippen molar-refractivity contribution in [3.05, 3.63) is 12.2 Å². The molecule has 0 aromatic heterocycles. The molecule has 0 spiro atoms. The summed E-state index contributed by atoms with van der Waals surface area (Å²) in [5, 5.41) is 14.6. The summed E-state index contributed by atoms with van der Waals surface area (Å²) in [7, 11) is 5.95. The van der Waals surface area contributed by atoms with Gasteiger partial charge in [-0.1, -0.05) is 211 Å². The van der Waals surface area contributed by atoms with E-state index in [0.29, 0.717) is 32.5 Å². The maximum Gasteiger partial charge on any atom is 0.407 e. The third-order valence-electron chi connectivity index (χ3n) is 12.0. The highest BCUT2D eigenvalue weighted by Crippen LogP contribution is 2.17. The van der Waals surface area contributed by atoms with Crippen molar-refractivity contribution in [2.75, 3.05) is 39.5 Å². The summed E-state index contributed by atoms with van der Waals surface area (Å²) in [4.78, 5) is 44.6. The van der Waals surface area contributed by atoms with Gasteiger partial charge in [0, 0.05) is 25.9 Å². The van der Waals surface area contributed by atoms with E-state index < -0.39 is 11.8 Å². The number of carbonyl (C=O) groups excluding carboxylic acids is 2. The highest BCUT2D eigenvalue weighted by Gasteiger charge is 2.14. The van der Waals surface area contributed by atoms with E-state index in [1.54, 1.807) is 0 Å².